The summed E-state index contributed by atoms with van der Waals surface area (Å²) in [4.78, 5) is 11.7. The molecule has 0 saturated heterocycles. The van der Waals surface area contributed by atoms with Crippen LogP contribution in [-0.4, -0.2) is 5.97 Å². The fourth-order valence-corrected chi connectivity index (χ4v) is 2.74. The van der Waals surface area contributed by atoms with Gasteiger partial charge in [0.1, 0.15) is 6.61 Å². The van der Waals surface area contributed by atoms with E-state index in [1.165, 1.54) is 25.7 Å². The van der Waals surface area contributed by atoms with Crippen LogP contribution in [0.1, 0.15) is 76.7 Å². The third-order valence-corrected chi connectivity index (χ3v) is 4.45. The summed E-state index contributed by atoms with van der Waals surface area (Å²) in [6.45, 7) is 2.60. The molecule has 0 bridgehead atoms. The van der Waals surface area contributed by atoms with Gasteiger partial charge in [-0.05, 0) is 50.5 Å². The van der Waals surface area contributed by atoms with Crippen LogP contribution in [0, 0.1) is 0 Å². The number of carbonyl (C=O) groups is 1. The quantitative estimate of drug-likeness (QED) is 0.162. The maximum atomic E-state index is 11.7. The molecule has 2 nitrogen and oxygen atoms in total. The van der Waals surface area contributed by atoms with Crippen LogP contribution in [0.3, 0.4) is 0 Å². The first-order valence-electron chi connectivity index (χ1n) is 11.1. The molecule has 1 aromatic rings. The summed E-state index contributed by atoms with van der Waals surface area (Å²) in [7, 11) is 0. The molecule has 2 heteroatoms. The van der Waals surface area contributed by atoms with Crippen molar-refractivity contribution < 1.29 is 9.53 Å². The number of hydrogen-bond donors (Lipinski definition) is 0. The van der Waals surface area contributed by atoms with E-state index in [1.807, 2.05) is 30.3 Å². The van der Waals surface area contributed by atoms with E-state index in [9.17, 15) is 4.79 Å². The zero-order chi connectivity index (χ0) is 20.8. The predicted molar refractivity (Wildman–Crippen MR) is 125 cm³/mol. The third-order valence-electron chi connectivity index (χ3n) is 4.45. The van der Waals surface area contributed by atoms with Gasteiger partial charge >= 0.3 is 5.97 Å². The molecular formula is C27H38O2. The van der Waals surface area contributed by atoms with E-state index in [0.29, 0.717) is 13.0 Å². The molecule has 0 amide bonds. The Balaban J connectivity index is 1.94. The lowest BCUT2D eigenvalue weighted by Gasteiger charge is -2.03. The summed E-state index contributed by atoms with van der Waals surface area (Å²) in [6, 6.07) is 9.79. The van der Waals surface area contributed by atoms with Crippen molar-refractivity contribution >= 4 is 5.97 Å². The molecule has 1 aromatic carbocycles. The molecule has 0 spiro atoms. The Kier molecular flexibility index (Phi) is 16.2. The molecule has 0 aliphatic rings. The van der Waals surface area contributed by atoms with E-state index < -0.39 is 0 Å². The second-order valence-corrected chi connectivity index (χ2v) is 7.13. The van der Waals surface area contributed by atoms with Gasteiger partial charge in [0, 0.05) is 6.42 Å². The number of rotatable bonds is 16. The number of hydrogen-bond acceptors (Lipinski definition) is 2. The highest BCUT2D eigenvalue weighted by atomic mass is 16.5. The van der Waals surface area contributed by atoms with E-state index in [1.54, 1.807) is 0 Å². The monoisotopic (exact) mass is 394 g/mol. The average Bonchev–Trinajstić information content (AvgIpc) is 2.75. The average molecular weight is 395 g/mol. The lowest BCUT2D eigenvalue weighted by Crippen LogP contribution is -2.03. The zero-order valence-corrected chi connectivity index (χ0v) is 18.1. The number of ether oxygens (including phenoxy) is 1. The van der Waals surface area contributed by atoms with E-state index in [-0.39, 0.29) is 5.97 Å². The van der Waals surface area contributed by atoms with Crippen LogP contribution in [0.15, 0.2) is 78.9 Å². The SMILES string of the molecule is CCCCC/C=C/C/C=C/C/C=C/C/C=C/CCCC(=O)OCc1ccccc1. The topological polar surface area (TPSA) is 26.3 Å². The maximum absolute atomic E-state index is 11.7. The van der Waals surface area contributed by atoms with Gasteiger partial charge in [0.25, 0.3) is 0 Å². The Morgan fingerprint density at radius 1 is 0.759 bits per heavy atom. The number of unbranched alkanes of at least 4 members (excludes halogenated alkanes) is 4. The highest BCUT2D eigenvalue weighted by Crippen LogP contribution is 2.05. The van der Waals surface area contributed by atoms with Gasteiger partial charge < -0.3 is 4.74 Å². The Labute approximate surface area is 178 Å². The summed E-state index contributed by atoms with van der Waals surface area (Å²) in [5, 5.41) is 0. The standard InChI is InChI=1S/C27H38O2/c1-2-3-4-5-6-7-8-9-10-11-12-13-14-15-16-17-21-24-27(28)29-25-26-22-19-18-20-23-26/h6-7,9-10,12-13,15-16,18-20,22-23H,2-5,8,11,14,17,21,24-25H2,1H3/b7-6+,10-9+,13-12+,16-15+. The molecule has 0 atom stereocenters. The molecule has 0 heterocycles. The van der Waals surface area contributed by atoms with Gasteiger partial charge in [-0.15, -0.1) is 0 Å². The third kappa shape index (κ3) is 16.3. The van der Waals surface area contributed by atoms with Crippen LogP contribution >= 0.6 is 0 Å². The van der Waals surface area contributed by atoms with Crippen molar-refractivity contribution in [2.75, 3.05) is 0 Å². The maximum Gasteiger partial charge on any atom is 0.306 e. The van der Waals surface area contributed by atoms with Gasteiger partial charge in [-0.2, -0.15) is 0 Å². The molecule has 0 N–H and O–H groups in total. The van der Waals surface area contributed by atoms with Crippen molar-refractivity contribution in [3.05, 3.63) is 84.5 Å². The van der Waals surface area contributed by atoms with Gasteiger partial charge in [0.15, 0.2) is 0 Å². The highest BCUT2D eigenvalue weighted by molar-refractivity contribution is 5.69. The number of benzene rings is 1. The minimum absolute atomic E-state index is 0.121. The lowest BCUT2D eigenvalue weighted by molar-refractivity contribution is -0.145. The minimum atomic E-state index is -0.121. The molecule has 0 aliphatic heterocycles. The molecule has 0 saturated carbocycles. The Bertz CT molecular complexity index is 623. The molecule has 0 fully saturated rings. The van der Waals surface area contributed by atoms with Crippen molar-refractivity contribution in [1.82, 2.24) is 0 Å². The van der Waals surface area contributed by atoms with Crippen molar-refractivity contribution in [2.45, 2.75) is 77.7 Å². The van der Waals surface area contributed by atoms with E-state index >= 15 is 0 Å². The second-order valence-electron chi connectivity index (χ2n) is 7.13. The van der Waals surface area contributed by atoms with Gasteiger partial charge in [0.2, 0.25) is 0 Å². The van der Waals surface area contributed by atoms with Crippen molar-refractivity contribution in [1.29, 1.82) is 0 Å². The predicted octanol–water partition coefficient (Wildman–Crippen LogP) is 7.88. The molecule has 0 aromatic heterocycles. The van der Waals surface area contributed by atoms with Gasteiger partial charge in [-0.25, -0.2) is 0 Å². The molecular weight excluding hydrogens is 356 g/mol. The Hall–Kier alpha value is -2.35. The Morgan fingerprint density at radius 2 is 1.31 bits per heavy atom. The molecule has 1 rings (SSSR count). The van der Waals surface area contributed by atoms with Gasteiger partial charge in [-0.3, -0.25) is 4.79 Å². The first kappa shape index (κ1) is 24.7. The summed E-state index contributed by atoms with van der Waals surface area (Å²) in [5.41, 5.74) is 1.03. The normalized spacial score (nSPS) is 12.0. The molecule has 0 unspecified atom stereocenters. The minimum Gasteiger partial charge on any atom is -0.461 e. The summed E-state index contributed by atoms with van der Waals surface area (Å²) in [6.07, 6.45) is 28.1. The number of allylic oxidation sites excluding steroid dienone is 8. The van der Waals surface area contributed by atoms with Gasteiger partial charge in [-0.1, -0.05) is 98.7 Å². The van der Waals surface area contributed by atoms with Crippen LogP contribution in [0.2, 0.25) is 0 Å². The molecule has 0 aliphatic carbocycles. The van der Waals surface area contributed by atoms with Gasteiger partial charge in [0.05, 0.1) is 0 Å². The summed E-state index contributed by atoms with van der Waals surface area (Å²) in [5.74, 6) is -0.121. The fraction of sp³-hybridized carbons (Fsp3) is 0.444. The van der Waals surface area contributed by atoms with Crippen LogP contribution in [0.5, 0.6) is 0 Å². The van der Waals surface area contributed by atoms with Crippen LogP contribution < -0.4 is 0 Å². The van der Waals surface area contributed by atoms with Crippen LogP contribution in [-0.2, 0) is 16.1 Å². The largest absolute Gasteiger partial charge is 0.461 e. The first-order chi connectivity index (χ1) is 14.3. The molecule has 0 radical (unpaired) electrons. The van der Waals surface area contributed by atoms with Crippen LogP contribution in [0.25, 0.3) is 0 Å². The van der Waals surface area contributed by atoms with E-state index in [0.717, 1.165) is 37.7 Å². The molecule has 29 heavy (non-hydrogen) atoms. The summed E-state index contributed by atoms with van der Waals surface area (Å²) >= 11 is 0. The first-order valence-corrected chi connectivity index (χ1v) is 11.1. The van der Waals surface area contributed by atoms with E-state index in [2.05, 4.69) is 55.5 Å². The summed E-state index contributed by atoms with van der Waals surface area (Å²) < 4.78 is 5.27. The van der Waals surface area contributed by atoms with Crippen molar-refractivity contribution in [2.24, 2.45) is 0 Å². The number of esters is 1. The fourth-order valence-electron chi connectivity index (χ4n) is 2.74. The van der Waals surface area contributed by atoms with Crippen molar-refractivity contribution in [3.63, 3.8) is 0 Å². The van der Waals surface area contributed by atoms with E-state index in [4.69, 9.17) is 4.74 Å². The second kappa shape index (κ2) is 19.0. The van der Waals surface area contributed by atoms with Crippen molar-refractivity contribution in [3.8, 4) is 0 Å². The Morgan fingerprint density at radius 3 is 1.90 bits per heavy atom. The highest BCUT2D eigenvalue weighted by Gasteiger charge is 2.02. The molecule has 158 valence electrons. The van der Waals surface area contributed by atoms with Crippen LogP contribution in [0.4, 0.5) is 0 Å². The zero-order valence-electron chi connectivity index (χ0n) is 18.1. The number of carbonyl (C=O) groups excluding carboxylic acids is 1. The smallest absolute Gasteiger partial charge is 0.306 e. The lowest BCUT2D eigenvalue weighted by atomic mass is 10.2.